The van der Waals surface area contributed by atoms with E-state index in [1.165, 1.54) is 0 Å². The smallest absolute Gasteiger partial charge is 0.295 e. The lowest BCUT2D eigenvalue weighted by atomic mass is 9.90. The van der Waals surface area contributed by atoms with Crippen molar-refractivity contribution in [3.63, 3.8) is 0 Å². The SMILES string of the molecule is CCOc1cccc(/C(O)=C2/C(=O)C(=O)N(C3CCCCC3)C2c2cccc(C)c2)c1. The Bertz CT molecular complexity index is 1020. The average molecular weight is 420 g/mol. The third-order valence-electron chi connectivity index (χ3n) is 6.22. The lowest BCUT2D eigenvalue weighted by molar-refractivity contribution is -0.141. The fourth-order valence-electron chi connectivity index (χ4n) is 4.81. The Labute approximate surface area is 183 Å². The molecule has 1 amide bonds. The van der Waals surface area contributed by atoms with E-state index in [9.17, 15) is 14.7 Å². The van der Waals surface area contributed by atoms with Gasteiger partial charge < -0.3 is 14.7 Å². The summed E-state index contributed by atoms with van der Waals surface area (Å²) in [7, 11) is 0. The number of nitrogens with zero attached hydrogens (tertiary/aromatic N) is 1. The van der Waals surface area contributed by atoms with Crippen molar-refractivity contribution in [2.24, 2.45) is 0 Å². The van der Waals surface area contributed by atoms with Crippen molar-refractivity contribution in [1.82, 2.24) is 4.90 Å². The first-order chi connectivity index (χ1) is 15.0. The molecule has 0 radical (unpaired) electrons. The third kappa shape index (κ3) is 4.09. The van der Waals surface area contributed by atoms with Crippen LogP contribution in [0.5, 0.6) is 5.75 Å². The predicted octanol–water partition coefficient (Wildman–Crippen LogP) is 5.15. The standard InChI is InChI=1S/C26H29NO4/c1-3-31-21-14-8-11-19(16-21)24(28)22-23(18-10-7-9-17(2)15-18)27(26(30)25(22)29)20-12-5-4-6-13-20/h7-11,14-16,20,23,28H,3-6,12-13H2,1-2H3/b24-22-. The molecule has 2 aromatic carbocycles. The lowest BCUT2D eigenvalue weighted by Crippen LogP contribution is -2.40. The third-order valence-corrected chi connectivity index (χ3v) is 6.22. The van der Waals surface area contributed by atoms with Gasteiger partial charge in [0.1, 0.15) is 11.5 Å². The van der Waals surface area contributed by atoms with Crippen LogP contribution in [0, 0.1) is 6.92 Å². The largest absolute Gasteiger partial charge is 0.507 e. The summed E-state index contributed by atoms with van der Waals surface area (Å²) in [5.41, 5.74) is 2.54. The van der Waals surface area contributed by atoms with E-state index in [1.54, 1.807) is 29.2 Å². The zero-order chi connectivity index (χ0) is 22.0. The maximum Gasteiger partial charge on any atom is 0.295 e. The molecule has 1 aliphatic heterocycles. The number of ketones is 1. The molecular weight excluding hydrogens is 390 g/mol. The van der Waals surface area contributed by atoms with Gasteiger partial charge in [-0.3, -0.25) is 9.59 Å². The van der Waals surface area contributed by atoms with E-state index in [0.717, 1.165) is 43.2 Å². The van der Waals surface area contributed by atoms with E-state index >= 15 is 0 Å². The monoisotopic (exact) mass is 419 g/mol. The number of carbonyl (C=O) groups is 2. The normalized spacial score (nSPS) is 21.5. The van der Waals surface area contributed by atoms with Crippen molar-refractivity contribution in [2.75, 3.05) is 6.61 Å². The van der Waals surface area contributed by atoms with Crippen molar-refractivity contribution in [2.45, 2.75) is 58.0 Å². The number of aryl methyl sites for hydroxylation is 1. The highest BCUT2D eigenvalue weighted by molar-refractivity contribution is 6.46. The first-order valence-electron chi connectivity index (χ1n) is 11.1. The fourth-order valence-corrected chi connectivity index (χ4v) is 4.81. The summed E-state index contributed by atoms with van der Waals surface area (Å²) in [6, 6.07) is 14.3. The van der Waals surface area contributed by atoms with Crippen LogP contribution in [-0.4, -0.2) is 34.3 Å². The number of aliphatic hydroxyl groups is 1. The molecule has 162 valence electrons. The van der Waals surface area contributed by atoms with E-state index in [4.69, 9.17) is 4.74 Å². The summed E-state index contributed by atoms with van der Waals surface area (Å²) >= 11 is 0. The van der Waals surface area contributed by atoms with Crippen LogP contribution in [0.25, 0.3) is 5.76 Å². The highest BCUT2D eigenvalue weighted by Crippen LogP contribution is 2.43. The van der Waals surface area contributed by atoms with E-state index in [2.05, 4.69) is 0 Å². The van der Waals surface area contributed by atoms with Gasteiger partial charge in [-0.05, 0) is 44.4 Å². The Morgan fingerprint density at radius 1 is 1.06 bits per heavy atom. The molecule has 4 rings (SSSR count). The number of aliphatic hydroxyl groups excluding tert-OH is 1. The Kier molecular flexibility index (Phi) is 6.12. The van der Waals surface area contributed by atoms with Crippen molar-refractivity contribution in [1.29, 1.82) is 0 Å². The lowest BCUT2D eigenvalue weighted by Gasteiger charge is -2.35. The second-order valence-corrected chi connectivity index (χ2v) is 8.37. The number of ether oxygens (including phenoxy) is 1. The van der Waals surface area contributed by atoms with Gasteiger partial charge in [0.05, 0.1) is 18.2 Å². The van der Waals surface area contributed by atoms with Gasteiger partial charge in [-0.25, -0.2) is 0 Å². The molecule has 1 N–H and O–H groups in total. The molecule has 1 heterocycles. The number of hydrogen-bond acceptors (Lipinski definition) is 4. The molecule has 2 fully saturated rings. The molecule has 1 unspecified atom stereocenters. The van der Waals surface area contributed by atoms with Crippen LogP contribution in [-0.2, 0) is 9.59 Å². The Hall–Kier alpha value is -3.08. The summed E-state index contributed by atoms with van der Waals surface area (Å²) in [6.07, 6.45) is 5.01. The molecule has 1 atom stereocenters. The van der Waals surface area contributed by atoms with Gasteiger partial charge in [-0.2, -0.15) is 0 Å². The molecule has 2 aromatic rings. The van der Waals surface area contributed by atoms with E-state index < -0.39 is 17.7 Å². The van der Waals surface area contributed by atoms with Gasteiger partial charge in [0.25, 0.3) is 11.7 Å². The summed E-state index contributed by atoms with van der Waals surface area (Å²) in [5.74, 6) is -0.665. The van der Waals surface area contributed by atoms with Crippen LogP contribution in [0.1, 0.15) is 61.8 Å². The van der Waals surface area contributed by atoms with Crippen LogP contribution in [0.2, 0.25) is 0 Å². The molecule has 0 bridgehead atoms. The quantitative estimate of drug-likeness (QED) is 0.414. The van der Waals surface area contributed by atoms with E-state index in [0.29, 0.717) is 17.9 Å². The maximum absolute atomic E-state index is 13.2. The van der Waals surface area contributed by atoms with Crippen molar-refractivity contribution < 1.29 is 19.4 Å². The minimum Gasteiger partial charge on any atom is -0.507 e. The van der Waals surface area contributed by atoms with Gasteiger partial charge in [-0.15, -0.1) is 0 Å². The first kappa shape index (κ1) is 21.2. The van der Waals surface area contributed by atoms with Gasteiger partial charge in [0, 0.05) is 11.6 Å². The molecule has 0 aromatic heterocycles. The highest BCUT2D eigenvalue weighted by Gasteiger charge is 2.48. The van der Waals surface area contributed by atoms with Gasteiger partial charge in [-0.1, -0.05) is 61.2 Å². The number of amides is 1. The Morgan fingerprint density at radius 3 is 2.52 bits per heavy atom. The predicted molar refractivity (Wildman–Crippen MR) is 120 cm³/mol. The molecule has 1 aliphatic carbocycles. The van der Waals surface area contributed by atoms with Crippen LogP contribution < -0.4 is 4.74 Å². The number of rotatable bonds is 5. The minimum atomic E-state index is -0.614. The van der Waals surface area contributed by atoms with Crippen molar-refractivity contribution in [3.8, 4) is 5.75 Å². The summed E-state index contributed by atoms with van der Waals surface area (Å²) in [5, 5.41) is 11.2. The number of benzene rings is 2. The number of Topliss-reactive ketones (excluding diaryl/α,β-unsaturated/α-hetero) is 1. The zero-order valence-electron chi connectivity index (χ0n) is 18.1. The van der Waals surface area contributed by atoms with Crippen molar-refractivity contribution in [3.05, 3.63) is 70.8 Å². The van der Waals surface area contributed by atoms with Crippen LogP contribution >= 0.6 is 0 Å². The number of hydrogen-bond donors (Lipinski definition) is 1. The zero-order valence-corrected chi connectivity index (χ0v) is 18.1. The highest BCUT2D eigenvalue weighted by atomic mass is 16.5. The van der Waals surface area contributed by atoms with Crippen LogP contribution in [0.3, 0.4) is 0 Å². The molecule has 5 nitrogen and oxygen atoms in total. The van der Waals surface area contributed by atoms with Crippen LogP contribution in [0.4, 0.5) is 0 Å². The van der Waals surface area contributed by atoms with E-state index in [1.807, 2.05) is 38.1 Å². The first-order valence-corrected chi connectivity index (χ1v) is 11.1. The molecule has 31 heavy (non-hydrogen) atoms. The average Bonchev–Trinajstić information content (AvgIpc) is 3.05. The topological polar surface area (TPSA) is 66.8 Å². The molecular formula is C26H29NO4. The fraction of sp³-hybridized carbons (Fsp3) is 0.385. The molecule has 1 saturated carbocycles. The maximum atomic E-state index is 13.2. The number of likely N-dealkylation sites (tertiary alicyclic amines) is 1. The minimum absolute atomic E-state index is 0.00997. The van der Waals surface area contributed by atoms with Gasteiger partial charge in [0.2, 0.25) is 0 Å². The van der Waals surface area contributed by atoms with Gasteiger partial charge >= 0.3 is 0 Å². The summed E-state index contributed by atoms with van der Waals surface area (Å²) in [6.45, 7) is 4.38. The van der Waals surface area contributed by atoms with Gasteiger partial charge in [0.15, 0.2) is 0 Å². The second kappa shape index (κ2) is 8.96. The van der Waals surface area contributed by atoms with Crippen molar-refractivity contribution >= 4 is 17.4 Å². The number of carbonyl (C=O) groups excluding carboxylic acids is 2. The molecule has 1 saturated heterocycles. The summed E-state index contributed by atoms with van der Waals surface area (Å²) in [4.78, 5) is 28.1. The second-order valence-electron chi connectivity index (χ2n) is 8.37. The molecule has 5 heteroatoms. The molecule has 0 spiro atoms. The van der Waals surface area contributed by atoms with E-state index in [-0.39, 0.29) is 17.4 Å². The van der Waals surface area contributed by atoms with Crippen LogP contribution in [0.15, 0.2) is 54.1 Å². The summed E-state index contributed by atoms with van der Waals surface area (Å²) < 4.78 is 5.55. The molecule has 2 aliphatic rings. The Morgan fingerprint density at radius 2 is 1.81 bits per heavy atom. The Balaban J connectivity index is 1.86.